The first kappa shape index (κ1) is 18.6. The van der Waals surface area contributed by atoms with Gasteiger partial charge >= 0.3 is 0 Å². The number of hydrogen-bond acceptors (Lipinski definition) is 1. The van der Waals surface area contributed by atoms with Gasteiger partial charge in [-0.2, -0.15) is 0 Å². The molecule has 0 aliphatic rings. The van der Waals surface area contributed by atoms with Gasteiger partial charge in [0.15, 0.2) is 0 Å². The van der Waals surface area contributed by atoms with Crippen LogP contribution in [-0.4, -0.2) is 4.98 Å². The maximum Gasteiger partial charge on any atom is 0.0160 e. The molecule has 2 heteroatoms. The Labute approximate surface area is 158 Å². The van der Waals surface area contributed by atoms with E-state index < -0.39 is 0 Å². The topological polar surface area (TPSA) is 12.9 Å². The van der Waals surface area contributed by atoms with E-state index in [0.717, 1.165) is 11.3 Å². The van der Waals surface area contributed by atoms with Crippen molar-refractivity contribution in [2.75, 3.05) is 0 Å². The van der Waals surface area contributed by atoms with Gasteiger partial charge in [0.1, 0.15) is 0 Å². The first-order chi connectivity index (χ1) is 10.9. The average molecular weight is 493 g/mol. The van der Waals surface area contributed by atoms with Crippen molar-refractivity contribution in [1.82, 2.24) is 4.98 Å². The molecule has 0 N–H and O–H groups in total. The van der Waals surface area contributed by atoms with Crippen LogP contribution in [0.3, 0.4) is 0 Å². The largest absolute Gasteiger partial charge is 0.305 e. The second-order valence-corrected chi connectivity index (χ2v) is 6.99. The summed E-state index contributed by atoms with van der Waals surface area (Å²) >= 11 is 0. The molecule has 0 aliphatic carbocycles. The Hall–Kier alpha value is -1.76. The molecular formula is C22H22IrN-. The summed E-state index contributed by atoms with van der Waals surface area (Å²) in [5, 5.41) is 0. The molecular weight excluding hydrogens is 470 g/mol. The molecule has 1 heterocycles. The van der Waals surface area contributed by atoms with Crippen LogP contribution in [-0.2, 0) is 25.5 Å². The van der Waals surface area contributed by atoms with E-state index in [-0.39, 0.29) is 25.5 Å². The van der Waals surface area contributed by atoms with Gasteiger partial charge in [-0.15, -0.1) is 35.4 Å². The van der Waals surface area contributed by atoms with E-state index in [4.69, 9.17) is 0 Å². The van der Waals surface area contributed by atoms with Gasteiger partial charge in [-0.1, -0.05) is 51.1 Å². The van der Waals surface area contributed by atoms with Gasteiger partial charge < -0.3 is 4.98 Å². The summed E-state index contributed by atoms with van der Waals surface area (Å²) in [6, 6.07) is 22.3. The van der Waals surface area contributed by atoms with E-state index in [0.29, 0.717) is 0 Å². The Kier molecular flexibility index (Phi) is 5.74. The van der Waals surface area contributed by atoms with Crippen LogP contribution < -0.4 is 0 Å². The predicted molar refractivity (Wildman–Crippen MR) is 97.4 cm³/mol. The first-order valence-corrected chi connectivity index (χ1v) is 8.00. The van der Waals surface area contributed by atoms with Gasteiger partial charge in [0, 0.05) is 26.3 Å². The molecule has 0 amide bonds. The molecule has 0 atom stereocenters. The normalized spacial score (nSPS) is 11.0. The van der Waals surface area contributed by atoms with Gasteiger partial charge in [-0.3, -0.25) is 0 Å². The van der Waals surface area contributed by atoms with Crippen LogP contribution in [0, 0.1) is 13.0 Å². The van der Waals surface area contributed by atoms with E-state index in [9.17, 15) is 0 Å². The minimum Gasteiger partial charge on any atom is -0.305 e. The van der Waals surface area contributed by atoms with E-state index >= 15 is 0 Å². The van der Waals surface area contributed by atoms with Crippen molar-refractivity contribution < 1.29 is 20.1 Å². The molecule has 3 rings (SSSR count). The number of nitrogens with zero attached hydrogens (tertiary/aromatic N) is 1. The summed E-state index contributed by atoms with van der Waals surface area (Å²) < 4.78 is 0. The predicted octanol–water partition coefficient (Wildman–Crippen LogP) is 5.82. The van der Waals surface area contributed by atoms with E-state index in [1.54, 1.807) is 0 Å². The molecule has 0 fully saturated rings. The zero-order valence-corrected chi connectivity index (χ0v) is 16.9. The van der Waals surface area contributed by atoms with Crippen molar-refractivity contribution in [2.24, 2.45) is 0 Å². The maximum atomic E-state index is 4.42. The monoisotopic (exact) mass is 493 g/mol. The molecule has 1 radical (unpaired) electrons. The molecule has 125 valence electrons. The van der Waals surface area contributed by atoms with Crippen LogP contribution in [0.15, 0.2) is 60.8 Å². The van der Waals surface area contributed by atoms with Crippen molar-refractivity contribution in [3.8, 4) is 22.4 Å². The maximum absolute atomic E-state index is 4.42. The van der Waals surface area contributed by atoms with Crippen LogP contribution in [0.2, 0.25) is 0 Å². The van der Waals surface area contributed by atoms with Crippen molar-refractivity contribution in [3.05, 3.63) is 78.0 Å². The molecule has 1 nitrogen and oxygen atoms in total. The van der Waals surface area contributed by atoms with Gasteiger partial charge in [-0.25, -0.2) is 0 Å². The van der Waals surface area contributed by atoms with Gasteiger partial charge in [0.2, 0.25) is 0 Å². The minimum absolute atomic E-state index is 0. The van der Waals surface area contributed by atoms with Crippen LogP contribution in [0.4, 0.5) is 0 Å². The third-order valence-electron chi connectivity index (χ3n) is 4.15. The van der Waals surface area contributed by atoms with Gasteiger partial charge in [-0.05, 0) is 40.8 Å². The number of aryl methyl sites for hydroxylation is 1. The molecule has 0 saturated carbocycles. The second kappa shape index (κ2) is 7.42. The molecule has 0 spiro atoms. The van der Waals surface area contributed by atoms with Crippen molar-refractivity contribution in [1.29, 1.82) is 0 Å². The third-order valence-corrected chi connectivity index (χ3v) is 4.15. The number of pyridine rings is 1. The molecule has 0 saturated heterocycles. The van der Waals surface area contributed by atoms with Gasteiger partial charge in [0.05, 0.1) is 0 Å². The average Bonchev–Trinajstić information content (AvgIpc) is 2.55. The molecule has 0 unspecified atom stereocenters. The van der Waals surface area contributed by atoms with E-state index in [2.05, 4.69) is 69.1 Å². The van der Waals surface area contributed by atoms with Crippen LogP contribution in [0.1, 0.15) is 31.9 Å². The van der Waals surface area contributed by atoms with E-state index in [1.165, 1.54) is 22.3 Å². The quantitative estimate of drug-likeness (QED) is 0.411. The summed E-state index contributed by atoms with van der Waals surface area (Å²) in [6.45, 7) is 8.93. The standard InChI is InChI=1S/C22H22N.Ir/c1-16-14-19(22(2,3)4)11-12-20(16)17-8-7-9-18(15-17)21-10-5-6-13-23-21;/h5-8,10-15H,1-4H3;/q-1;. The smallest absolute Gasteiger partial charge is 0.0160 e. The third kappa shape index (κ3) is 4.01. The summed E-state index contributed by atoms with van der Waals surface area (Å²) in [5.41, 5.74) is 7.31. The Bertz CT molecular complexity index is 817. The fourth-order valence-corrected chi connectivity index (χ4v) is 2.76. The Balaban J connectivity index is 0.00000208. The summed E-state index contributed by atoms with van der Waals surface area (Å²) in [6.07, 6.45) is 1.82. The van der Waals surface area contributed by atoms with E-state index in [1.807, 2.05) is 30.5 Å². The second-order valence-electron chi connectivity index (χ2n) is 6.99. The van der Waals surface area contributed by atoms with Crippen LogP contribution in [0.5, 0.6) is 0 Å². The molecule has 0 aliphatic heterocycles. The van der Waals surface area contributed by atoms with Crippen molar-refractivity contribution in [3.63, 3.8) is 0 Å². The summed E-state index contributed by atoms with van der Waals surface area (Å²) in [7, 11) is 0. The molecule has 1 aromatic heterocycles. The van der Waals surface area contributed by atoms with Crippen LogP contribution in [0.25, 0.3) is 22.4 Å². The zero-order chi connectivity index (χ0) is 16.4. The molecule has 2 aromatic carbocycles. The molecule has 24 heavy (non-hydrogen) atoms. The Morgan fingerprint density at radius 2 is 1.75 bits per heavy atom. The Morgan fingerprint density at radius 1 is 0.958 bits per heavy atom. The Morgan fingerprint density at radius 3 is 2.38 bits per heavy atom. The summed E-state index contributed by atoms with van der Waals surface area (Å²) in [4.78, 5) is 4.42. The van der Waals surface area contributed by atoms with Gasteiger partial charge in [0.25, 0.3) is 0 Å². The fourth-order valence-electron chi connectivity index (χ4n) is 2.76. The molecule has 0 bridgehead atoms. The number of benzene rings is 2. The number of rotatable bonds is 2. The summed E-state index contributed by atoms with van der Waals surface area (Å²) in [5.74, 6) is 0. The number of aromatic nitrogens is 1. The minimum atomic E-state index is 0. The van der Waals surface area contributed by atoms with Crippen LogP contribution >= 0.6 is 0 Å². The molecule has 3 aromatic rings. The van der Waals surface area contributed by atoms with Crippen molar-refractivity contribution in [2.45, 2.75) is 33.1 Å². The SMILES string of the molecule is Cc1cc(C(C)(C)C)ccc1-c1cc[c-]c(-c2ccccn2)c1.[Ir]. The zero-order valence-electron chi connectivity index (χ0n) is 14.6. The number of hydrogen-bond donors (Lipinski definition) is 0. The first-order valence-electron chi connectivity index (χ1n) is 8.00. The fraction of sp³-hybridized carbons (Fsp3) is 0.227. The van der Waals surface area contributed by atoms with Crippen molar-refractivity contribution >= 4 is 0 Å².